The summed E-state index contributed by atoms with van der Waals surface area (Å²) >= 11 is 9.25. The van der Waals surface area contributed by atoms with Gasteiger partial charge in [0.2, 0.25) is 0 Å². The molecule has 0 heterocycles. The number of carbonyl (C=O) groups excluding carboxylic acids is 2. The highest BCUT2D eigenvalue weighted by Gasteiger charge is 2.14. The lowest BCUT2D eigenvalue weighted by Crippen LogP contribution is -2.32. The number of anilines is 1. The fraction of sp³-hybridized carbons (Fsp3) is 0.0625. The number of benzene rings is 2. The molecule has 6 nitrogen and oxygen atoms in total. The van der Waals surface area contributed by atoms with Crippen LogP contribution in [0.2, 0.25) is 5.02 Å². The Balaban J connectivity index is 1.93. The SMILES string of the molecule is COc1ccc(/C=N\NC(=O)C(=O)Nc2ccccc2Cl)cc1Br. The van der Waals surface area contributed by atoms with Crippen LogP contribution >= 0.6 is 27.5 Å². The molecule has 2 aromatic rings. The topological polar surface area (TPSA) is 79.8 Å². The van der Waals surface area contributed by atoms with Crippen LogP contribution in [0.25, 0.3) is 0 Å². The van der Waals surface area contributed by atoms with E-state index in [4.69, 9.17) is 16.3 Å². The summed E-state index contributed by atoms with van der Waals surface area (Å²) in [6, 6.07) is 11.9. The predicted molar refractivity (Wildman–Crippen MR) is 96.5 cm³/mol. The molecule has 0 radical (unpaired) electrons. The third-order valence-corrected chi connectivity index (χ3v) is 3.83. The van der Waals surface area contributed by atoms with Gasteiger partial charge >= 0.3 is 11.8 Å². The first kappa shape index (κ1) is 18.0. The third kappa shape index (κ3) is 4.81. The Labute approximate surface area is 152 Å². The van der Waals surface area contributed by atoms with Crippen LogP contribution in [0, 0.1) is 0 Å². The van der Waals surface area contributed by atoms with Crippen LogP contribution in [0.3, 0.4) is 0 Å². The molecule has 2 amide bonds. The first-order chi connectivity index (χ1) is 11.5. The second-order valence-electron chi connectivity index (χ2n) is 4.53. The van der Waals surface area contributed by atoms with Gasteiger partial charge in [-0.3, -0.25) is 9.59 Å². The fourth-order valence-corrected chi connectivity index (χ4v) is 2.46. The maximum Gasteiger partial charge on any atom is 0.329 e. The molecule has 0 spiro atoms. The lowest BCUT2D eigenvalue weighted by Gasteiger charge is -2.05. The van der Waals surface area contributed by atoms with Crippen LogP contribution < -0.4 is 15.5 Å². The summed E-state index contributed by atoms with van der Waals surface area (Å²) in [5, 5.41) is 6.48. The number of nitrogens with one attached hydrogen (secondary N) is 2. The molecule has 0 unspecified atom stereocenters. The van der Waals surface area contributed by atoms with E-state index in [0.29, 0.717) is 16.5 Å². The van der Waals surface area contributed by atoms with Crippen LogP contribution in [0.1, 0.15) is 5.56 Å². The van der Waals surface area contributed by atoms with Gasteiger partial charge in [0.1, 0.15) is 5.75 Å². The molecule has 0 saturated carbocycles. The summed E-state index contributed by atoms with van der Waals surface area (Å²) in [6.45, 7) is 0. The van der Waals surface area contributed by atoms with Crippen molar-refractivity contribution in [3.63, 3.8) is 0 Å². The predicted octanol–water partition coefficient (Wildman–Crippen LogP) is 3.20. The molecule has 124 valence electrons. The van der Waals surface area contributed by atoms with Gasteiger partial charge in [0, 0.05) is 0 Å². The van der Waals surface area contributed by atoms with E-state index in [-0.39, 0.29) is 0 Å². The molecule has 2 N–H and O–H groups in total. The third-order valence-electron chi connectivity index (χ3n) is 2.88. The summed E-state index contributed by atoms with van der Waals surface area (Å²) in [4.78, 5) is 23.5. The number of ether oxygens (including phenoxy) is 1. The van der Waals surface area contributed by atoms with Crippen molar-refractivity contribution >= 4 is 51.2 Å². The zero-order chi connectivity index (χ0) is 17.5. The van der Waals surface area contributed by atoms with Gasteiger partial charge in [-0.15, -0.1) is 0 Å². The molecule has 8 heteroatoms. The molecule has 0 aromatic heterocycles. The van der Waals surface area contributed by atoms with Crippen molar-refractivity contribution in [2.75, 3.05) is 12.4 Å². The Bertz CT molecular complexity index is 796. The smallest absolute Gasteiger partial charge is 0.329 e. The lowest BCUT2D eigenvalue weighted by molar-refractivity contribution is -0.136. The van der Waals surface area contributed by atoms with E-state index in [1.54, 1.807) is 49.6 Å². The number of nitrogens with zero attached hydrogens (tertiary/aromatic N) is 1. The quantitative estimate of drug-likeness (QED) is 0.461. The molecule has 0 atom stereocenters. The fourth-order valence-electron chi connectivity index (χ4n) is 1.72. The molecule has 2 rings (SSSR count). The number of hydrogen-bond acceptors (Lipinski definition) is 4. The van der Waals surface area contributed by atoms with Gasteiger partial charge in [0.25, 0.3) is 0 Å². The van der Waals surface area contributed by atoms with E-state index >= 15 is 0 Å². The van der Waals surface area contributed by atoms with E-state index in [0.717, 1.165) is 10.0 Å². The molecular formula is C16H13BrClN3O3. The largest absolute Gasteiger partial charge is 0.496 e. The minimum absolute atomic E-state index is 0.338. The van der Waals surface area contributed by atoms with Gasteiger partial charge < -0.3 is 10.1 Å². The van der Waals surface area contributed by atoms with Crippen molar-refractivity contribution in [3.8, 4) is 5.75 Å². The zero-order valence-electron chi connectivity index (χ0n) is 12.5. The number of rotatable bonds is 4. The van der Waals surface area contributed by atoms with Crippen LogP contribution in [0.5, 0.6) is 5.75 Å². The highest BCUT2D eigenvalue weighted by atomic mass is 79.9. The summed E-state index contributed by atoms with van der Waals surface area (Å²) < 4.78 is 5.86. The van der Waals surface area contributed by atoms with Gasteiger partial charge in [-0.2, -0.15) is 5.10 Å². The standard InChI is InChI=1S/C16H13BrClN3O3/c1-24-14-7-6-10(8-11(14)17)9-19-21-16(23)15(22)20-13-5-3-2-4-12(13)18/h2-9H,1H3,(H,20,22)(H,21,23)/b19-9-. The minimum atomic E-state index is -0.904. The van der Waals surface area contributed by atoms with E-state index in [1.807, 2.05) is 0 Å². The maximum absolute atomic E-state index is 11.8. The first-order valence-corrected chi connectivity index (χ1v) is 7.91. The summed E-state index contributed by atoms with van der Waals surface area (Å²) in [5.41, 5.74) is 3.21. The molecule has 2 aromatic carbocycles. The molecule has 0 saturated heterocycles. The second kappa shape index (κ2) is 8.47. The zero-order valence-corrected chi connectivity index (χ0v) is 14.9. The highest BCUT2D eigenvalue weighted by molar-refractivity contribution is 9.10. The highest BCUT2D eigenvalue weighted by Crippen LogP contribution is 2.24. The maximum atomic E-state index is 11.8. The van der Waals surface area contributed by atoms with Gasteiger partial charge in [-0.1, -0.05) is 23.7 Å². The number of methoxy groups -OCH3 is 1. The van der Waals surface area contributed by atoms with Crippen molar-refractivity contribution in [3.05, 3.63) is 57.5 Å². The average Bonchev–Trinajstić information content (AvgIpc) is 2.57. The average molecular weight is 411 g/mol. The van der Waals surface area contributed by atoms with E-state index in [1.165, 1.54) is 6.21 Å². The lowest BCUT2D eigenvalue weighted by atomic mass is 10.2. The van der Waals surface area contributed by atoms with Crippen molar-refractivity contribution in [1.29, 1.82) is 0 Å². The van der Waals surface area contributed by atoms with Crippen molar-refractivity contribution in [1.82, 2.24) is 5.43 Å². The van der Waals surface area contributed by atoms with Gasteiger partial charge in [-0.05, 0) is 51.8 Å². The van der Waals surface area contributed by atoms with Crippen LogP contribution in [-0.4, -0.2) is 25.1 Å². The number of para-hydroxylation sites is 1. The van der Waals surface area contributed by atoms with Crippen molar-refractivity contribution in [2.24, 2.45) is 5.10 Å². The molecule has 0 aliphatic rings. The van der Waals surface area contributed by atoms with E-state index < -0.39 is 11.8 Å². The molecule has 0 fully saturated rings. The van der Waals surface area contributed by atoms with Crippen LogP contribution in [0.15, 0.2) is 52.0 Å². The molecule has 0 bridgehead atoms. The van der Waals surface area contributed by atoms with Crippen LogP contribution in [-0.2, 0) is 9.59 Å². The Morgan fingerprint density at radius 2 is 1.96 bits per heavy atom. The minimum Gasteiger partial charge on any atom is -0.496 e. The Morgan fingerprint density at radius 1 is 1.21 bits per heavy atom. The molecular weight excluding hydrogens is 398 g/mol. The monoisotopic (exact) mass is 409 g/mol. The number of amides is 2. The van der Waals surface area contributed by atoms with E-state index in [2.05, 4.69) is 31.8 Å². The normalized spacial score (nSPS) is 10.5. The number of carbonyl (C=O) groups is 2. The molecule has 24 heavy (non-hydrogen) atoms. The number of hydrazone groups is 1. The number of hydrogen-bond donors (Lipinski definition) is 2. The summed E-state index contributed by atoms with van der Waals surface area (Å²) in [6.07, 6.45) is 1.41. The Kier molecular flexibility index (Phi) is 6.34. The second-order valence-corrected chi connectivity index (χ2v) is 5.79. The summed E-state index contributed by atoms with van der Waals surface area (Å²) in [7, 11) is 1.56. The van der Waals surface area contributed by atoms with Gasteiger partial charge in [0.15, 0.2) is 0 Å². The van der Waals surface area contributed by atoms with Crippen LogP contribution in [0.4, 0.5) is 5.69 Å². The summed E-state index contributed by atoms with van der Waals surface area (Å²) in [5.74, 6) is -1.09. The van der Waals surface area contributed by atoms with Crippen molar-refractivity contribution < 1.29 is 14.3 Å². The Hall–Kier alpha value is -2.38. The Morgan fingerprint density at radius 3 is 2.62 bits per heavy atom. The van der Waals surface area contributed by atoms with Gasteiger partial charge in [0.05, 0.1) is 28.5 Å². The molecule has 0 aliphatic heterocycles. The van der Waals surface area contributed by atoms with Gasteiger partial charge in [-0.25, -0.2) is 5.43 Å². The van der Waals surface area contributed by atoms with E-state index in [9.17, 15) is 9.59 Å². The number of halogens is 2. The molecule has 0 aliphatic carbocycles. The first-order valence-electron chi connectivity index (χ1n) is 6.73. The van der Waals surface area contributed by atoms with Crippen molar-refractivity contribution in [2.45, 2.75) is 0 Å².